The molecule has 12 heteroatoms. The average molecular weight is 470 g/mol. The van der Waals surface area contributed by atoms with Crippen molar-refractivity contribution in [1.82, 2.24) is 39.1 Å². The van der Waals surface area contributed by atoms with E-state index in [0.29, 0.717) is 22.4 Å². The molecule has 35 heavy (non-hydrogen) atoms. The zero-order chi connectivity index (χ0) is 23.9. The Kier molecular flexibility index (Phi) is 4.90. The molecule has 1 fully saturated rings. The molecule has 1 aliphatic rings. The van der Waals surface area contributed by atoms with Crippen molar-refractivity contribution >= 4 is 17.7 Å². The quantitative estimate of drug-likeness (QED) is 0.286. The van der Waals surface area contributed by atoms with Gasteiger partial charge in [-0.2, -0.15) is 19.6 Å². The van der Waals surface area contributed by atoms with Gasteiger partial charge in [0.2, 0.25) is 11.8 Å². The highest BCUT2D eigenvalue weighted by molar-refractivity contribution is 5.57. The van der Waals surface area contributed by atoms with Gasteiger partial charge in [0.05, 0.1) is 24.6 Å². The first-order valence-electron chi connectivity index (χ1n) is 11.2. The van der Waals surface area contributed by atoms with E-state index in [4.69, 9.17) is 4.99 Å². The van der Waals surface area contributed by atoms with Crippen molar-refractivity contribution in [1.29, 1.82) is 0 Å². The molecule has 4 heterocycles. The van der Waals surface area contributed by atoms with Crippen molar-refractivity contribution in [3.05, 3.63) is 81.8 Å². The molecule has 6 rings (SSSR count). The van der Waals surface area contributed by atoms with Crippen molar-refractivity contribution in [3.63, 3.8) is 0 Å². The molecule has 1 saturated carbocycles. The molecule has 0 radical (unpaired) electrons. The van der Waals surface area contributed by atoms with E-state index in [9.17, 15) is 9.90 Å². The SMILES string of the molecule is CC(Nc1nc(=NC2CC2)n2nc/c(=C\c3[nH]c(=O)[nH]c3O)c2n1)c1ccc(-n2ccnc2)cc1. The summed E-state index contributed by atoms with van der Waals surface area (Å²) >= 11 is 0. The molecule has 0 saturated heterocycles. The van der Waals surface area contributed by atoms with Crippen molar-refractivity contribution in [3.8, 4) is 11.6 Å². The smallest absolute Gasteiger partial charge is 0.326 e. The number of imidazole rings is 2. The van der Waals surface area contributed by atoms with E-state index in [1.165, 1.54) is 0 Å². The van der Waals surface area contributed by atoms with E-state index < -0.39 is 5.69 Å². The highest BCUT2D eigenvalue weighted by Gasteiger charge is 2.21. The lowest BCUT2D eigenvalue weighted by Crippen LogP contribution is -2.25. The van der Waals surface area contributed by atoms with E-state index in [-0.39, 0.29) is 23.7 Å². The molecule has 0 bridgehead atoms. The maximum Gasteiger partial charge on any atom is 0.326 e. The molecule has 0 aliphatic heterocycles. The van der Waals surface area contributed by atoms with E-state index in [1.807, 2.05) is 42.0 Å². The number of rotatable bonds is 6. The molecule has 1 unspecified atom stereocenters. The Labute approximate surface area is 197 Å². The van der Waals surface area contributed by atoms with Crippen LogP contribution in [0, 0.1) is 0 Å². The van der Waals surface area contributed by atoms with Crippen LogP contribution >= 0.6 is 0 Å². The van der Waals surface area contributed by atoms with E-state index in [1.54, 1.807) is 29.3 Å². The van der Waals surface area contributed by atoms with Gasteiger partial charge < -0.3 is 20.0 Å². The Morgan fingerprint density at radius 2 is 2.06 bits per heavy atom. The third-order valence-corrected chi connectivity index (χ3v) is 5.80. The number of benzene rings is 1. The fraction of sp³-hybridized carbons (Fsp3) is 0.217. The minimum atomic E-state index is -0.500. The van der Waals surface area contributed by atoms with Crippen LogP contribution in [0.4, 0.5) is 5.95 Å². The molecule has 0 spiro atoms. The third-order valence-electron chi connectivity index (χ3n) is 5.80. The minimum absolute atomic E-state index is 0.0801. The number of anilines is 1. The summed E-state index contributed by atoms with van der Waals surface area (Å²) in [5.74, 6) is 0.155. The average Bonchev–Trinajstić information content (AvgIpc) is 3.20. The van der Waals surface area contributed by atoms with Gasteiger partial charge in [0.15, 0.2) is 5.65 Å². The molecular weight excluding hydrogens is 448 g/mol. The van der Waals surface area contributed by atoms with Gasteiger partial charge in [-0.3, -0.25) is 4.98 Å². The normalized spacial score (nSPS) is 15.7. The van der Waals surface area contributed by atoms with Gasteiger partial charge in [-0.05, 0) is 43.5 Å². The van der Waals surface area contributed by atoms with Crippen LogP contribution in [0.15, 0.2) is 59.0 Å². The number of aromatic amines is 2. The van der Waals surface area contributed by atoms with Crippen LogP contribution in [0.25, 0.3) is 17.4 Å². The summed E-state index contributed by atoms with van der Waals surface area (Å²) in [7, 11) is 0. The van der Waals surface area contributed by atoms with Crippen LogP contribution in [0.2, 0.25) is 0 Å². The number of H-pyrrole nitrogens is 2. The second kappa shape index (κ2) is 8.24. The molecule has 176 valence electrons. The minimum Gasteiger partial charge on any atom is -0.493 e. The summed E-state index contributed by atoms with van der Waals surface area (Å²) in [5.41, 5.74) is 2.78. The number of nitrogens with one attached hydrogen (secondary N) is 3. The van der Waals surface area contributed by atoms with Gasteiger partial charge in [-0.15, -0.1) is 0 Å². The topological polar surface area (TPSA) is 154 Å². The van der Waals surface area contributed by atoms with Crippen LogP contribution in [-0.2, 0) is 0 Å². The predicted molar refractivity (Wildman–Crippen MR) is 127 cm³/mol. The molecule has 4 aromatic heterocycles. The number of hydrogen-bond donors (Lipinski definition) is 4. The van der Waals surface area contributed by atoms with Gasteiger partial charge in [-0.25, -0.2) is 14.8 Å². The Morgan fingerprint density at radius 3 is 2.74 bits per heavy atom. The first kappa shape index (κ1) is 20.8. The molecule has 1 aliphatic carbocycles. The van der Waals surface area contributed by atoms with Crippen molar-refractivity contribution in [2.45, 2.75) is 31.8 Å². The van der Waals surface area contributed by atoms with Gasteiger partial charge in [-0.1, -0.05) is 12.1 Å². The lowest BCUT2D eigenvalue weighted by molar-refractivity contribution is 0.454. The number of hydrogen-bond acceptors (Lipinski definition) is 8. The monoisotopic (exact) mass is 470 g/mol. The first-order chi connectivity index (χ1) is 17.0. The van der Waals surface area contributed by atoms with Crippen LogP contribution in [0.3, 0.4) is 0 Å². The Bertz CT molecular complexity index is 1680. The van der Waals surface area contributed by atoms with Crippen molar-refractivity contribution in [2.24, 2.45) is 4.99 Å². The Hall–Kier alpha value is -4.74. The van der Waals surface area contributed by atoms with Crippen molar-refractivity contribution in [2.75, 3.05) is 5.32 Å². The molecule has 5 aromatic rings. The van der Waals surface area contributed by atoms with Crippen molar-refractivity contribution < 1.29 is 5.11 Å². The highest BCUT2D eigenvalue weighted by Crippen LogP contribution is 2.22. The van der Waals surface area contributed by atoms with E-state index in [2.05, 4.69) is 35.3 Å². The molecule has 1 atom stereocenters. The van der Waals surface area contributed by atoms with E-state index in [0.717, 1.165) is 24.1 Å². The molecular formula is C23H22N10O2. The van der Waals surface area contributed by atoms with Crippen LogP contribution < -0.4 is 21.8 Å². The summed E-state index contributed by atoms with van der Waals surface area (Å²) in [6.45, 7) is 2.03. The predicted octanol–water partition coefficient (Wildman–Crippen LogP) is 0.816. The van der Waals surface area contributed by atoms with Crippen LogP contribution in [0.1, 0.15) is 37.1 Å². The summed E-state index contributed by atoms with van der Waals surface area (Å²) in [4.78, 5) is 34.4. The second-order valence-corrected chi connectivity index (χ2v) is 8.46. The first-order valence-corrected chi connectivity index (χ1v) is 11.2. The summed E-state index contributed by atoms with van der Waals surface area (Å²) in [5, 5.41) is 18.3. The fourth-order valence-electron chi connectivity index (χ4n) is 3.77. The molecule has 4 N–H and O–H groups in total. The van der Waals surface area contributed by atoms with Crippen LogP contribution in [0.5, 0.6) is 5.88 Å². The van der Waals surface area contributed by atoms with Gasteiger partial charge in [0, 0.05) is 23.3 Å². The maximum atomic E-state index is 11.5. The lowest BCUT2D eigenvalue weighted by Gasteiger charge is -2.15. The van der Waals surface area contributed by atoms with Gasteiger partial charge >= 0.3 is 5.69 Å². The fourth-order valence-corrected chi connectivity index (χ4v) is 3.77. The summed E-state index contributed by atoms with van der Waals surface area (Å²) < 4.78 is 3.51. The second-order valence-electron chi connectivity index (χ2n) is 8.46. The van der Waals surface area contributed by atoms with E-state index >= 15 is 0 Å². The largest absolute Gasteiger partial charge is 0.493 e. The number of aromatic hydroxyl groups is 1. The van der Waals surface area contributed by atoms with Crippen LogP contribution in [-0.4, -0.2) is 50.2 Å². The Morgan fingerprint density at radius 1 is 1.23 bits per heavy atom. The maximum absolute atomic E-state index is 11.5. The number of aromatic nitrogens is 8. The lowest BCUT2D eigenvalue weighted by atomic mass is 10.1. The highest BCUT2D eigenvalue weighted by atomic mass is 16.3. The molecule has 12 nitrogen and oxygen atoms in total. The zero-order valence-corrected chi connectivity index (χ0v) is 18.8. The summed E-state index contributed by atoms with van der Waals surface area (Å²) in [6, 6.07) is 8.30. The summed E-state index contributed by atoms with van der Waals surface area (Å²) in [6.07, 6.45) is 10.6. The molecule has 1 aromatic carbocycles. The van der Waals surface area contributed by atoms with Gasteiger partial charge in [0.25, 0.3) is 5.62 Å². The van der Waals surface area contributed by atoms with Gasteiger partial charge in [0.1, 0.15) is 5.69 Å². The standard InChI is InChI=1S/C23H22N10O2/c1-13(14-2-6-17(7-3-14)32-9-8-24-12-32)26-21-29-19-15(10-18-20(34)30-23(35)28-18)11-25-33(19)22(31-21)27-16-4-5-16/h2-3,6-13,16,34H,4-5H2,1H3,(H,26,27,31)(H2,28,30,35)/b15-10+. The third kappa shape index (κ3) is 4.16. The zero-order valence-electron chi connectivity index (χ0n) is 18.8. The Balaban J connectivity index is 1.37. The number of nitrogens with zero attached hydrogens (tertiary/aromatic N) is 7. The number of fused-ring (bicyclic) bond motifs is 1. The molecule has 0 amide bonds.